The van der Waals surface area contributed by atoms with E-state index < -0.39 is 0 Å². The summed E-state index contributed by atoms with van der Waals surface area (Å²) >= 11 is 0. The molecule has 1 aromatic carbocycles. The molecule has 1 N–H and O–H groups in total. The van der Waals surface area contributed by atoms with Gasteiger partial charge in [0.05, 0.1) is 6.61 Å². The van der Waals surface area contributed by atoms with Crippen LogP contribution in [-0.4, -0.2) is 26.3 Å². The van der Waals surface area contributed by atoms with Crippen molar-refractivity contribution >= 4 is 0 Å². The first-order chi connectivity index (χ1) is 7.27. The quantitative estimate of drug-likeness (QED) is 0.772. The Morgan fingerprint density at radius 3 is 2.67 bits per heavy atom. The molecule has 1 unspecified atom stereocenters. The van der Waals surface area contributed by atoms with Gasteiger partial charge in [0.1, 0.15) is 0 Å². The van der Waals surface area contributed by atoms with Crippen molar-refractivity contribution in [3.05, 3.63) is 35.4 Å². The molecule has 0 heterocycles. The van der Waals surface area contributed by atoms with E-state index in [1.807, 2.05) is 0 Å². The first kappa shape index (κ1) is 12.2. The standard InChI is InChI=1S/C13H21NO/c1-4-14-13(10-15-3)9-12-8-6-5-7-11(12)2/h5-8,13-14H,4,9-10H2,1-3H3. The van der Waals surface area contributed by atoms with Crippen molar-refractivity contribution in [1.29, 1.82) is 0 Å². The lowest BCUT2D eigenvalue weighted by atomic mass is 10.0. The fraction of sp³-hybridized carbons (Fsp3) is 0.538. The van der Waals surface area contributed by atoms with Gasteiger partial charge in [-0.05, 0) is 31.0 Å². The highest BCUT2D eigenvalue weighted by Gasteiger charge is 2.08. The Balaban J connectivity index is 2.60. The van der Waals surface area contributed by atoms with E-state index in [1.165, 1.54) is 11.1 Å². The van der Waals surface area contributed by atoms with Crippen molar-refractivity contribution in [3.8, 4) is 0 Å². The number of likely N-dealkylation sites (N-methyl/N-ethyl adjacent to an activating group) is 1. The van der Waals surface area contributed by atoms with Crippen LogP contribution in [0.4, 0.5) is 0 Å². The van der Waals surface area contributed by atoms with Crippen LogP contribution >= 0.6 is 0 Å². The average Bonchev–Trinajstić information content (AvgIpc) is 2.22. The maximum Gasteiger partial charge on any atom is 0.0619 e. The lowest BCUT2D eigenvalue weighted by Crippen LogP contribution is -2.35. The predicted octanol–water partition coefficient (Wildman–Crippen LogP) is 2.16. The van der Waals surface area contributed by atoms with Crippen molar-refractivity contribution in [2.75, 3.05) is 20.3 Å². The molecule has 1 atom stereocenters. The molecule has 0 bridgehead atoms. The molecular formula is C13H21NO. The molecule has 84 valence electrons. The number of hydrogen-bond donors (Lipinski definition) is 1. The molecule has 0 fully saturated rings. The van der Waals surface area contributed by atoms with Gasteiger partial charge in [0.2, 0.25) is 0 Å². The summed E-state index contributed by atoms with van der Waals surface area (Å²) in [5.74, 6) is 0. The number of nitrogens with one attached hydrogen (secondary N) is 1. The van der Waals surface area contributed by atoms with Crippen molar-refractivity contribution in [2.24, 2.45) is 0 Å². The summed E-state index contributed by atoms with van der Waals surface area (Å²) in [6.45, 7) is 6.04. The Kier molecular flexibility index (Phi) is 5.37. The van der Waals surface area contributed by atoms with Crippen LogP contribution in [0.25, 0.3) is 0 Å². The number of hydrogen-bond acceptors (Lipinski definition) is 2. The molecule has 0 aliphatic heterocycles. The summed E-state index contributed by atoms with van der Waals surface area (Å²) in [6.07, 6.45) is 1.04. The topological polar surface area (TPSA) is 21.3 Å². The van der Waals surface area contributed by atoms with E-state index in [0.717, 1.165) is 19.6 Å². The monoisotopic (exact) mass is 207 g/mol. The van der Waals surface area contributed by atoms with Crippen molar-refractivity contribution in [3.63, 3.8) is 0 Å². The number of benzene rings is 1. The maximum absolute atomic E-state index is 5.21. The van der Waals surface area contributed by atoms with Crippen LogP contribution in [0.2, 0.25) is 0 Å². The minimum absolute atomic E-state index is 0.418. The highest BCUT2D eigenvalue weighted by atomic mass is 16.5. The first-order valence-corrected chi connectivity index (χ1v) is 5.54. The highest BCUT2D eigenvalue weighted by molar-refractivity contribution is 5.26. The molecule has 0 saturated carbocycles. The van der Waals surface area contributed by atoms with Gasteiger partial charge in [-0.25, -0.2) is 0 Å². The lowest BCUT2D eigenvalue weighted by molar-refractivity contribution is 0.167. The number of ether oxygens (including phenoxy) is 1. The molecule has 2 heteroatoms. The molecule has 15 heavy (non-hydrogen) atoms. The van der Waals surface area contributed by atoms with E-state index in [-0.39, 0.29) is 0 Å². The summed E-state index contributed by atoms with van der Waals surface area (Å²) in [5.41, 5.74) is 2.76. The predicted molar refractivity (Wildman–Crippen MR) is 64.2 cm³/mol. The Hall–Kier alpha value is -0.860. The second-order valence-electron chi connectivity index (χ2n) is 3.84. The minimum Gasteiger partial charge on any atom is -0.383 e. The van der Waals surface area contributed by atoms with E-state index >= 15 is 0 Å². The summed E-state index contributed by atoms with van der Waals surface area (Å²) in [6, 6.07) is 8.94. The third kappa shape index (κ3) is 4.02. The molecule has 0 aliphatic carbocycles. The molecule has 2 nitrogen and oxygen atoms in total. The zero-order valence-corrected chi connectivity index (χ0v) is 9.92. The molecule has 0 radical (unpaired) electrons. The molecule has 1 aromatic rings. The molecule has 0 aliphatic rings. The van der Waals surface area contributed by atoms with Gasteiger partial charge in [0, 0.05) is 13.2 Å². The normalized spacial score (nSPS) is 12.7. The number of rotatable bonds is 6. The lowest BCUT2D eigenvalue weighted by Gasteiger charge is -2.17. The Bertz CT molecular complexity index is 280. The van der Waals surface area contributed by atoms with Gasteiger partial charge in [-0.2, -0.15) is 0 Å². The Morgan fingerprint density at radius 2 is 2.07 bits per heavy atom. The van der Waals surface area contributed by atoms with Crippen LogP contribution in [0.3, 0.4) is 0 Å². The fourth-order valence-electron chi connectivity index (χ4n) is 1.78. The summed E-state index contributed by atoms with van der Waals surface area (Å²) < 4.78 is 5.21. The number of methoxy groups -OCH3 is 1. The van der Waals surface area contributed by atoms with Crippen LogP contribution in [0.1, 0.15) is 18.1 Å². The molecule has 0 amide bonds. The second kappa shape index (κ2) is 6.59. The van der Waals surface area contributed by atoms with E-state index in [2.05, 4.69) is 43.4 Å². The molecule has 0 saturated heterocycles. The fourth-order valence-corrected chi connectivity index (χ4v) is 1.78. The molecule has 0 spiro atoms. The van der Waals surface area contributed by atoms with Gasteiger partial charge in [0.15, 0.2) is 0 Å². The van der Waals surface area contributed by atoms with Gasteiger partial charge in [0.25, 0.3) is 0 Å². The van der Waals surface area contributed by atoms with E-state index in [9.17, 15) is 0 Å². The smallest absolute Gasteiger partial charge is 0.0619 e. The minimum atomic E-state index is 0.418. The van der Waals surface area contributed by atoms with Gasteiger partial charge >= 0.3 is 0 Å². The molecule has 1 rings (SSSR count). The second-order valence-corrected chi connectivity index (χ2v) is 3.84. The van der Waals surface area contributed by atoms with Gasteiger partial charge in [-0.15, -0.1) is 0 Å². The van der Waals surface area contributed by atoms with E-state index in [4.69, 9.17) is 4.74 Å². The number of aryl methyl sites for hydroxylation is 1. The van der Waals surface area contributed by atoms with Gasteiger partial charge in [-0.1, -0.05) is 31.2 Å². The zero-order chi connectivity index (χ0) is 11.1. The Morgan fingerprint density at radius 1 is 1.33 bits per heavy atom. The maximum atomic E-state index is 5.21. The van der Waals surface area contributed by atoms with Crippen LogP contribution in [0.15, 0.2) is 24.3 Å². The van der Waals surface area contributed by atoms with Gasteiger partial charge < -0.3 is 10.1 Å². The van der Waals surface area contributed by atoms with Crippen molar-refractivity contribution in [2.45, 2.75) is 26.3 Å². The van der Waals surface area contributed by atoms with Crippen LogP contribution < -0.4 is 5.32 Å². The molecule has 0 aromatic heterocycles. The third-order valence-electron chi connectivity index (χ3n) is 2.59. The van der Waals surface area contributed by atoms with Crippen molar-refractivity contribution in [1.82, 2.24) is 5.32 Å². The average molecular weight is 207 g/mol. The van der Waals surface area contributed by atoms with E-state index in [1.54, 1.807) is 7.11 Å². The van der Waals surface area contributed by atoms with Crippen LogP contribution in [-0.2, 0) is 11.2 Å². The summed E-state index contributed by atoms with van der Waals surface area (Å²) in [5, 5.41) is 3.43. The van der Waals surface area contributed by atoms with E-state index in [0.29, 0.717) is 6.04 Å². The van der Waals surface area contributed by atoms with Gasteiger partial charge in [-0.3, -0.25) is 0 Å². The highest BCUT2D eigenvalue weighted by Crippen LogP contribution is 2.09. The first-order valence-electron chi connectivity index (χ1n) is 5.54. The largest absolute Gasteiger partial charge is 0.383 e. The van der Waals surface area contributed by atoms with Crippen molar-refractivity contribution < 1.29 is 4.74 Å². The van der Waals surface area contributed by atoms with Crippen LogP contribution in [0, 0.1) is 6.92 Å². The zero-order valence-electron chi connectivity index (χ0n) is 9.92. The SMILES string of the molecule is CCNC(COC)Cc1ccccc1C. The summed E-state index contributed by atoms with van der Waals surface area (Å²) in [4.78, 5) is 0. The Labute approximate surface area is 92.6 Å². The summed E-state index contributed by atoms with van der Waals surface area (Å²) in [7, 11) is 1.75. The molecular weight excluding hydrogens is 186 g/mol. The third-order valence-corrected chi connectivity index (χ3v) is 2.59. The van der Waals surface area contributed by atoms with Crippen LogP contribution in [0.5, 0.6) is 0 Å².